The first-order valence-corrected chi connectivity index (χ1v) is 7.44. The van der Waals surface area contributed by atoms with Crippen LogP contribution in [0.4, 0.5) is 4.39 Å². The van der Waals surface area contributed by atoms with Gasteiger partial charge in [0.05, 0.1) is 17.9 Å². The molecule has 0 N–H and O–H groups in total. The van der Waals surface area contributed by atoms with Gasteiger partial charge in [0.1, 0.15) is 11.6 Å². The number of hydrogen-bond acceptors (Lipinski definition) is 3. The van der Waals surface area contributed by atoms with Gasteiger partial charge < -0.3 is 0 Å². The number of halogens is 1. The van der Waals surface area contributed by atoms with Crippen LogP contribution in [0.3, 0.4) is 0 Å². The molecule has 114 valence electrons. The number of fused-ring (bicyclic) bond motifs is 3. The van der Waals surface area contributed by atoms with E-state index in [1.165, 1.54) is 0 Å². The lowest BCUT2D eigenvalue weighted by molar-refractivity contribution is 0.616. The second-order valence-electron chi connectivity index (χ2n) is 5.68. The molecule has 0 atom stereocenters. The molecule has 2 aromatic heterocycles. The van der Waals surface area contributed by atoms with Crippen molar-refractivity contribution in [2.75, 3.05) is 0 Å². The van der Waals surface area contributed by atoms with Gasteiger partial charge in [-0.15, -0.1) is 0 Å². The van der Waals surface area contributed by atoms with Gasteiger partial charge >= 0.3 is 0 Å². The van der Waals surface area contributed by atoms with E-state index in [0.717, 1.165) is 34.0 Å². The van der Waals surface area contributed by atoms with Crippen LogP contribution in [0.15, 0.2) is 47.8 Å². The summed E-state index contributed by atoms with van der Waals surface area (Å²) in [6, 6.07) is 7.27. The van der Waals surface area contributed by atoms with Crippen molar-refractivity contribution in [3.63, 3.8) is 0 Å². The third-order valence-electron chi connectivity index (χ3n) is 4.10. The molecule has 0 bridgehead atoms. The van der Waals surface area contributed by atoms with Crippen LogP contribution in [0.1, 0.15) is 28.2 Å². The Hall–Kier alpha value is -2.82. The summed E-state index contributed by atoms with van der Waals surface area (Å²) in [5.74, 6) is 0.584. The third kappa shape index (κ3) is 2.16. The highest BCUT2D eigenvalue weighted by Gasteiger charge is 2.22. The minimum absolute atomic E-state index is 0.227. The van der Waals surface area contributed by atoms with Gasteiger partial charge in [-0.1, -0.05) is 0 Å². The van der Waals surface area contributed by atoms with Crippen molar-refractivity contribution in [3.8, 4) is 5.69 Å². The van der Waals surface area contributed by atoms with Crippen molar-refractivity contribution in [2.24, 2.45) is 4.99 Å². The van der Waals surface area contributed by atoms with Crippen molar-refractivity contribution in [3.05, 3.63) is 76.9 Å². The molecule has 1 aromatic carbocycles. The smallest absolute Gasteiger partial charge is 0.135 e. The number of aliphatic imine (C=N–C) groups is 1. The molecule has 4 nitrogen and oxygen atoms in total. The number of nitrogens with zero attached hydrogens (tertiary/aromatic N) is 4. The Morgan fingerprint density at radius 1 is 1.17 bits per heavy atom. The SMILES string of the molecule is Cc1cc2c(cc1F)-n1c(C)cnc1CN=C2c1cccnc1. The minimum Gasteiger partial charge on any atom is -0.299 e. The normalized spacial score (nSPS) is 13.1. The molecule has 0 saturated carbocycles. The van der Waals surface area contributed by atoms with Gasteiger partial charge in [0.25, 0.3) is 0 Å². The molecule has 4 rings (SSSR count). The Kier molecular flexibility index (Phi) is 3.08. The van der Waals surface area contributed by atoms with Crippen molar-refractivity contribution in [2.45, 2.75) is 20.4 Å². The van der Waals surface area contributed by atoms with Crippen LogP contribution in [-0.4, -0.2) is 20.2 Å². The molecule has 0 amide bonds. The predicted molar refractivity (Wildman–Crippen MR) is 86.6 cm³/mol. The zero-order valence-corrected chi connectivity index (χ0v) is 12.9. The van der Waals surface area contributed by atoms with Crippen molar-refractivity contribution < 1.29 is 4.39 Å². The van der Waals surface area contributed by atoms with Gasteiger partial charge in [0.15, 0.2) is 0 Å². The van der Waals surface area contributed by atoms with Gasteiger partial charge in [-0.05, 0) is 43.7 Å². The van der Waals surface area contributed by atoms with Crippen molar-refractivity contribution >= 4 is 5.71 Å². The third-order valence-corrected chi connectivity index (χ3v) is 4.10. The Morgan fingerprint density at radius 2 is 2.04 bits per heavy atom. The fourth-order valence-electron chi connectivity index (χ4n) is 2.96. The summed E-state index contributed by atoms with van der Waals surface area (Å²) in [7, 11) is 0. The summed E-state index contributed by atoms with van der Waals surface area (Å²) in [5, 5.41) is 0. The summed E-state index contributed by atoms with van der Waals surface area (Å²) in [6.45, 7) is 4.18. The maximum absolute atomic E-state index is 14.2. The summed E-state index contributed by atoms with van der Waals surface area (Å²) >= 11 is 0. The maximum atomic E-state index is 14.2. The minimum atomic E-state index is -0.227. The Bertz CT molecular complexity index is 926. The largest absolute Gasteiger partial charge is 0.299 e. The van der Waals surface area contributed by atoms with Gasteiger partial charge in [-0.3, -0.25) is 14.5 Å². The first-order valence-electron chi connectivity index (χ1n) is 7.44. The fraction of sp³-hybridized carbons (Fsp3) is 0.167. The fourth-order valence-corrected chi connectivity index (χ4v) is 2.96. The molecular formula is C18H15FN4. The lowest BCUT2D eigenvalue weighted by Crippen LogP contribution is -2.09. The van der Waals surface area contributed by atoms with Gasteiger partial charge in [-0.25, -0.2) is 9.37 Å². The van der Waals surface area contributed by atoms with Crippen LogP contribution in [-0.2, 0) is 6.54 Å². The molecule has 5 heteroatoms. The van der Waals surface area contributed by atoms with E-state index in [1.54, 1.807) is 31.6 Å². The van der Waals surface area contributed by atoms with E-state index in [1.807, 2.05) is 29.7 Å². The summed E-state index contributed by atoms with van der Waals surface area (Å²) in [5.41, 5.74) is 4.98. The molecule has 0 unspecified atom stereocenters. The van der Waals surface area contributed by atoms with E-state index in [-0.39, 0.29) is 5.82 Å². The number of pyridine rings is 1. The molecular weight excluding hydrogens is 291 g/mol. The molecule has 0 radical (unpaired) electrons. The molecule has 3 heterocycles. The Morgan fingerprint density at radius 3 is 2.83 bits per heavy atom. The second kappa shape index (κ2) is 5.12. The highest BCUT2D eigenvalue weighted by Crippen LogP contribution is 2.28. The van der Waals surface area contributed by atoms with E-state index >= 15 is 0 Å². The number of aromatic nitrogens is 3. The van der Waals surface area contributed by atoms with Crippen molar-refractivity contribution in [1.29, 1.82) is 0 Å². The van der Waals surface area contributed by atoms with Crippen LogP contribution in [0.25, 0.3) is 5.69 Å². The second-order valence-corrected chi connectivity index (χ2v) is 5.68. The molecule has 23 heavy (non-hydrogen) atoms. The van der Waals surface area contributed by atoms with Gasteiger partial charge in [0, 0.05) is 35.4 Å². The van der Waals surface area contributed by atoms with E-state index in [2.05, 4.69) is 9.97 Å². The van der Waals surface area contributed by atoms with Crippen molar-refractivity contribution in [1.82, 2.24) is 14.5 Å². The lowest BCUT2D eigenvalue weighted by Gasteiger charge is -2.14. The summed E-state index contributed by atoms with van der Waals surface area (Å²) < 4.78 is 16.2. The molecule has 0 aliphatic carbocycles. The Balaban J connectivity index is 2.04. The number of aryl methyl sites for hydroxylation is 2. The number of rotatable bonds is 1. The standard InChI is InChI=1S/C18H15FN4/c1-11-6-14-16(7-15(11)19)23-12(2)8-21-17(23)10-22-18(14)13-4-3-5-20-9-13/h3-9H,10H2,1-2H3. The monoisotopic (exact) mass is 306 g/mol. The zero-order valence-electron chi connectivity index (χ0n) is 12.9. The molecule has 3 aromatic rings. The quantitative estimate of drug-likeness (QED) is 0.692. The first kappa shape index (κ1) is 13.8. The van der Waals surface area contributed by atoms with Crippen LogP contribution in [0.2, 0.25) is 0 Å². The number of benzene rings is 1. The first-order chi connectivity index (χ1) is 11.1. The highest BCUT2D eigenvalue weighted by molar-refractivity contribution is 6.15. The summed E-state index contributed by atoms with van der Waals surface area (Å²) in [6.07, 6.45) is 5.30. The molecule has 1 aliphatic heterocycles. The molecule has 0 spiro atoms. The average molecular weight is 306 g/mol. The van der Waals surface area contributed by atoms with Gasteiger partial charge in [0.2, 0.25) is 0 Å². The summed E-state index contributed by atoms with van der Waals surface area (Å²) in [4.78, 5) is 13.3. The highest BCUT2D eigenvalue weighted by atomic mass is 19.1. The lowest BCUT2D eigenvalue weighted by atomic mass is 9.99. The molecule has 0 saturated heterocycles. The van der Waals surface area contributed by atoms with E-state index in [0.29, 0.717) is 12.1 Å². The number of imidazole rings is 1. The van der Waals surface area contributed by atoms with Crippen LogP contribution in [0.5, 0.6) is 0 Å². The van der Waals surface area contributed by atoms with Crippen LogP contribution in [0, 0.1) is 19.7 Å². The van der Waals surface area contributed by atoms with E-state index in [9.17, 15) is 4.39 Å². The maximum Gasteiger partial charge on any atom is 0.135 e. The Labute approximate surface area is 133 Å². The van der Waals surface area contributed by atoms with Gasteiger partial charge in [-0.2, -0.15) is 0 Å². The van der Waals surface area contributed by atoms with E-state index in [4.69, 9.17) is 4.99 Å². The predicted octanol–water partition coefficient (Wildman–Crippen LogP) is 3.37. The van der Waals surface area contributed by atoms with Crippen LogP contribution >= 0.6 is 0 Å². The average Bonchev–Trinajstić information content (AvgIpc) is 2.84. The van der Waals surface area contributed by atoms with Crippen LogP contribution < -0.4 is 0 Å². The topological polar surface area (TPSA) is 43.1 Å². The molecule has 1 aliphatic rings. The molecule has 0 fully saturated rings. The van der Waals surface area contributed by atoms with E-state index < -0.39 is 0 Å². The zero-order chi connectivity index (χ0) is 16.0. The number of hydrogen-bond donors (Lipinski definition) is 0.